The molecule has 0 radical (unpaired) electrons. The highest BCUT2D eigenvalue weighted by atomic mass is 32.2. The number of nitrogens with zero attached hydrogens (tertiary/aromatic N) is 2. The molecule has 2 aromatic carbocycles. The molecule has 1 N–H and O–H groups in total. The lowest BCUT2D eigenvalue weighted by Gasteiger charge is -2.07. The maximum absolute atomic E-state index is 12.5. The molecule has 8 heteroatoms. The van der Waals surface area contributed by atoms with Crippen LogP contribution >= 0.6 is 11.8 Å². The fraction of sp³-hybridized carbons (Fsp3) is 0.150. The van der Waals surface area contributed by atoms with Crippen molar-refractivity contribution in [2.24, 2.45) is 4.99 Å². The minimum absolute atomic E-state index is 0.000219. The predicted octanol–water partition coefficient (Wildman–Crippen LogP) is 3.42. The van der Waals surface area contributed by atoms with Crippen LogP contribution in [0.15, 0.2) is 52.4 Å². The second-order valence-corrected chi connectivity index (χ2v) is 6.85. The van der Waals surface area contributed by atoms with Gasteiger partial charge in [-0.05, 0) is 59.8 Å². The van der Waals surface area contributed by atoms with E-state index in [1.807, 2.05) is 0 Å². The maximum atomic E-state index is 12.5. The fourth-order valence-corrected chi connectivity index (χ4v) is 3.49. The number of phenolic OH excluding ortho intramolecular Hbond substituents is 1. The van der Waals surface area contributed by atoms with E-state index in [0.717, 1.165) is 0 Å². The van der Waals surface area contributed by atoms with Crippen molar-refractivity contribution in [3.8, 4) is 11.5 Å². The van der Waals surface area contributed by atoms with Crippen molar-refractivity contribution in [1.82, 2.24) is 4.90 Å². The lowest BCUT2D eigenvalue weighted by molar-refractivity contribution is -0.121. The van der Waals surface area contributed by atoms with Crippen LogP contribution in [0, 0.1) is 0 Å². The van der Waals surface area contributed by atoms with Crippen molar-refractivity contribution in [2.75, 3.05) is 21.3 Å². The van der Waals surface area contributed by atoms with Crippen LogP contribution in [0.1, 0.15) is 15.9 Å². The molecule has 1 aliphatic rings. The molecule has 1 fully saturated rings. The Kier molecular flexibility index (Phi) is 5.70. The van der Waals surface area contributed by atoms with Gasteiger partial charge in [0.1, 0.15) is 0 Å². The van der Waals surface area contributed by atoms with Crippen LogP contribution < -0.4 is 4.74 Å². The Morgan fingerprint density at radius 1 is 1.18 bits per heavy atom. The molecule has 0 bridgehead atoms. The Balaban J connectivity index is 1.83. The topological polar surface area (TPSA) is 88.4 Å². The van der Waals surface area contributed by atoms with E-state index in [-0.39, 0.29) is 11.7 Å². The Morgan fingerprint density at radius 2 is 1.89 bits per heavy atom. The largest absolute Gasteiger partial charge is 0.504 e. The second kappa shape index (κ2) is 8.18. The molecule has 2 aromatic rings. The third kappa shape index (κ3) is 4.01. The van der Waals surface area contributed by atoms with Gasteiger partial charge in [-0.3, -0.25) is 9.69 Å². The molecule has 0 atom stereocenters. The third-order valence-electron chi connectivity index (χ3n) is 4.02. The van der Waals surface area contributed by atoms with Crippen LogP contribution in [0.3, 0.4) is 0 Å². The molecule has 7 nitrogen and oxygen atoms in total. The number of benzene rings is 2. The maximum Gasteiger partial charge on any atom is 0.337 e. The molecular formula is C20H18N2O5S. The summed E-state index contributed by atoms with van der Waals surface area (Å²) in [5, 5.41) is 10.4. The fourth-order valence-electron chi connectivity index (χ4n) is 2.50. The van der Waals surface area contributed by atoms with Gasteiger partial charge in [0.25, 0.3) is 5.91 Å². The number of amides is 1. The molecule has 3 rings (SSSR count). The summed E-state index contributed by atoms with van der Waals surface area (Å²) in [5.74, 6) is -0.248. The monoisotopic (exact) mass is 398 g/mol. The van der Waals surface area contributed by atoms with Gasteiger partial charge in [-0.15, -0.1) is 0 Å². The number of thioether (sulfide) groups is 1. The van der Waals surface area contributed by atoms with Crippen molar-refractivity contribution < 1.29 is 24.2 Å². The number of likely N-dealkylation sites (N-methyl/N-ethyl adjacent to an activating group) is 1. The van der Waals surface area contributed by atoms with Crippen LogP contribution in [0.25, 0.3) is 6.08 Å². The summed E-state index contributed by atoms with van der Waals surface area (Å²) in [7, 11) is 4.44. The SMILES string of the molecule is COC(=O)c1ccc(N=C2SC(=Cc3ccc(OC)c(O)c3)C(=O)N2C)cc1. The van der Waals surface area contributed by atoms with E-state index in [2.05, 4.69) is 9.73 Å². The molecule has 0 unspecified atom stereocenters. The van der Waals surface area contributed by atoms with Crippen LogP contribution in [0.4, 0.5) is 5.69 Å². The van der Waals surface area contributed by atoms with Gasteiger partial charge in [-0.2, -0.15) is 0 Å². The molecule has 0 aromatic heterocycles. The van der Waals surface area contributed by atoms with Gasteiger partial charge in [0.05, 0.1) is 30.4 Å². The molecule has 0 aliphatic carbocycles. The number of esters is 1. The highest BCUT2D eigenvalue weighted by molar-refractivity contribution is 8.18. The summed E-state index contributed by atoms with van der Waals surface area (Å²) < 4.78 is 9.69. The van der Waals surface area contributed by atoms with E-state index < -0.39 is 5.97 Å². The number of aliphatic imine (C=N–C) groups is 1. The smallest absolute Gasteiger partial charge is 0.337 e. The number of phenols is 1. The van der Waals surface area contributed by atoms with Gasteiger partial charge < -0.3 is 14.6 Å². The van der Waals surface area contributed by atoms with Gasteiger partial charge in [-0.25, -0.2) is 9.79 Å². The first-order chi connectivity index (χ1) is 13.4. The summed E-state index contributed by atoms with van der Waals surface area (Å²) in [6.45, 7) is 0. The minimum atomic E-state index is -0.422. The van der Waals surface area contributed by atoms with E-state index in [0.29, 0.717) is 32.6 Å². The number of carbonyl (C=O) groups is 2. The standard InChI is InChI=1S/C20H18N2O5S/c1-22-18(24)17(11-12-4-9-16(26-2)15(23)10-12)28-20(22)21-14-7-5-13(6-8-14)19(25)27-3/h4-11,23H,1-3H3. The number of hydrogen-bond acceptors (Lipinski definition) is 7. The Hall–Kier alpha value is -3.26. The normalized spacial score (nSPS) is 16.7. The lowest BCUT2D eigenvalue weighted by Crippen LogP contribution is -2.23. The Bertz CT molecular complexity index is 983. The molecule has 144 valence electrons. The van der Waals surface area contributed by atoms with E-state index in [1.165, 1.54) is 36.9 Å². The minimum Gasteiger partial charge on any atom is -0.504 e. The summed E-state index contributed by atoms with van der Waals surface area (Å²) in [4.78, 5) is 30.4. The molecule has 0 saturated carbocycles. The third-order valence-corrected chi connectivity index (χ3v) is 5.08. The van der Waals surface area contributed by atoms with Crippen molar-refractivity contribution >= 4 is 40.6 Å². The van der Waals surface area contributed by atoms with Gasteiger partial charge in [-0.1, -0.05) is 6.07 Å². The average Bonchev–Trinajstić information content (AvgIpc) is 2.96. The average molecular weight is 398 g/mol. The van der Waals surface area contributed by atoms with Gasteiger partial charge >= 0.3 is 5.97 Å². The summed E-state index contributed by atoms with van der Waals surface area (Å²) in [5.41, 5.74) is 1.71. The molecule has 1 heterocycles. The molecule has 1 amide bonds. The zero-order chi connectivity index (χ0) is 20.3. The van der Waals surface area contributed by atoms with Crippen LogP contribution in [0.5, 0.6) is 11.5 Å². The first-order valence-corrected chi connectivity index (χ1v) is 9.06. The number of methoxy groups -OCH3 is 2. The van der Waals surface area contributed by atoms with Crippen molar-refractivity contribution in [1.29, 1.82) is 0 Å². The Morgan fingerprint density at radius 3 is 2.50 bits per heavy atom. The second-order valence-electron chi connectivity index (χ2n) is 5.84. The number of ether oxygens (including phenoxy) is 2. The highest BCUT2D eigenvalue weighted by Crippen LogP contribution is 2.34. The van der Waals surface area contributed by atoms with Crippen molar-refractivity contribution in [3.63, 3.8) is 0 Å². The summed E-state index contributed by atoms with van der Waals surface area (Å²) >= 11 is 1.23. The molecule has 1 saturated heterocycles. The molecule has 1 aliphatic heterocycles. The van der Waals surface area contributed by atoms with Crippen LogP contribution in [0.2, 0.25) is 0 Å². The Labute approximate surface area is 166 Å². The van der Waals surface area contributed by atoms with Gasteiger partial charge in [0.15, 0.2) is 16.7 Å². The molecule has 0 spiro atoms. The number of aromatic hydroxyl groups is 1. The van der Waals surface area contributed by atoms with E-state index >= 15 is 0 Å². The van der Waals surface area contributed by atoms with Crippen LogP contribution in [-0.4, -0.2) is 48.3 Å². The number of carbonyl (C=O) groups excluding carboxylic acids is 2. The van der Waals surface area contributed by atoms with Gasteiger partial charge in [0.2, 0.25) is 0 Å². The zero-order valence-corrected chi connectivity index (χ0v) is 16.3. The summed E-state index contributed by atoms with van der Waals surface area (Å²) in [6, 6.07) is 11.5. The first-order valence-electron chi connectivity index (χ1n) is 8.24. The molecular weight excluding hydrogens is 380 g/mol. The van der Waals surface area contributed by atoms with Crippen LogP contribution in [-0.2, 0) is 9.53 Å². The van der Waals surface area contributed by atoms with Gasteiger partial charge in [0, 0.05) is 7.05 Å². The number of hydrogen-bond donors (Lipinski definition) is 1. The van der Waals surface area contributed by atoms with E-state index in [1.54, 1.807) is 49.5 Å². The predicted molar refractivity (Wildman–Crippen MR) is 108 cm³/mol. The number of rotatable bonds is 4. The van der Waals surface area contributed by atoms with Crippen molar-refractivity contribution in [2.45, 2.75) is 0 Å². The quantitative estimate of drug-likeness (QED) is 0.627. The number of amidine groups is 1. The van der Waals surface area contributed by atoms with E-state index in [4.69, 9.17) is 4.74 Å². The molecule has 28 heavy (non-hydrogen) atoms. The zero-order valence-electron chi connectivity index (χ0n) is 15.5. The highest BCUT2D eigenvalue weighted by Gasteiger charge is 2.30. The van der Waals surface area contributed by atoms with E-state index in [9.17, 15) is 14.7 Å². The van der Waals surface area contributed by atoms with Crippen molar-refractivity contribution in [3.05, 3.63) is 58.5 Å². The lowest BCUT2D eigenvalue weighted by atomic mass is 10.2. The first kappa shape index (κ1) is 19.5. The summed E-state index contributed by atoms with van der Waals surface area (Å²) in [6.07, 6.45) is 1.69.